The quantitative estimate of drug-likeness (QED) is 0.441. The molecule has 5 heteroatoms. The number of nitrogens with zero attached hydrogens (tertiary/aromatic N) is 3. The first-order chi connectivity index (χ1) is 8.10. The van der Waals surface area contributed by atoms with E-state index in [1.807, 2.05) is 18.2 Å². The Morgan fingerprint density at radius 2 is 1.82 bits per heavy atom. The number of nitriles is 2. The number of rotatable bonds is 2. The molecule has 1 rings (SSSR count). The maximum Gasteiger partial charge on any atom is 0.235 e. The largest absolute Gasteiger partial charge is 0.259 e. The number of hydrogen-bond acceptors (Lipinski definition) is 4. The predicted octanol–water partition coefficient (Wildman–Crippen LogP) is 2.52. The van der Waals surface area contributed by atoms with Crippen molar-refractivity contribution in [2.75, 3.05) is 0 Å². The van der Waals surface area contributed by atoms with Gasteiger partial charge in [-0.25, -0.2) is 0 Å². The molecule has 0 aliphatic heterocycles. The maximum atomic E-state index is 9.89. The average molecular weight is 227 g/mol. The van der Waals surface area contributed by atoms with Crippen LogP contribution in [0.4, 0.5) is 0 Å². The minimum atomic E-state index is -0.479. The minimum Gasteiger partial charge on any atom is -0.259 e. The van der Waals surface area contributed by atoms with Crippen LogP contribution in [0.5, 0.6) is 0 Å². The van der Waals surface area contributed by atoms with E-state index in [9.17, 15) is 10.1 Å². The molecule has 0 saturated carbocycles. The second kappa shape index (κ2) is 8.39. The van der Waals surface area contributed by atoms with Crippen molar-refractivity contribution in [3.63, 3.8) is 0 Å². The zero-order valence-electron chi connectivity index (χ0n) is 8.91. The summed E-state index contributed by atoms with van der Waals surface area (Å²) in [5, 5.41) is 25.4. The maximum absolute atomic E-state index is 9.89. The molecule has 17 heavy (non-hydrogen) atoms. The molecule has 0 bridgehead atoms. The molecule has 0 unspecified atom stereocenters. The Labute approximate surface area is 98.7 Å². The first-order valence-corrected chi connectivity index (χ1v) is 4.46. The van der Waals surface area contributed by atoms with Gasteiger partial charge in [0.05, 0.1) is 4.92 Å². The van der Waals surface area contributed by atoms with Crippen LogP contribution in [0.15, 0.2) is 48.7 Å². The summed E-state index contributed by atoms with van der Waals surface area (Å²) in [6, 6.07) is 12.3. The molecule has 0 fully saturated rings. The van der Waals surface area contributed by atoms with Gasteiger partial charge in [0.2, 0.25) is 6.20 Å². The van der Waals surface area contributed by atoms with Crippen LogP contribution >= 0.6 is 0 Å². The third kappa shape index (κ3) is 8.10. The molecule has 0 heterocycles. The molecule has 1 aromatic rings. The molecule has 0 amide bonds. The molecule has 0 aliphatic rings. The fraction of sp³-hybridized carbons (Fsp3) is 0. The molecule has 0 saturated heterocycles. The summed E-state index contributed by atoms with van der Waals surface area (Å²) in [7, 11) is 0. The molecule has 5 nitrogen and oxygen atoms in total. The fourth-order valence-electron chi connectivity index (χ4n) is 0.736. The van der Waals surface area contributed by atoms with Crippen molar-refractivity contribution in [3.8, 4) is 12.1 Å². The monoisotopic (exact) mass is 227 g/mol. The molecule has 84 valence electrons. The van der Waals surface area contributed by atoms with Gasteiger partial charge in [0.15, 0.2) is 0 Å². The zero-order chi connectivity index (χ0) is 13.1. The van der Waals surface area contributed by atoms with E-state index in [1.54, 1.807) is 24.3 Å². The van der Waals surface area contributed by atoms with E-state index in [0.717, 1.165) is 11.8 Å². The first kappa shape index (κ1) is 14.1. The lowest BCUT2D eigenvalue weighted by Crippen LogP contribution is -1.81. The summed E-state index contributed by atoms with van der Waals surface area (Å²) in [5.74, 6) is 0. The lowest BCUT2D eigenvalue weighted by Gasteiger charge is -1.86. The van der Waals surface area contributed by atoms with E-state index < -0.39 is 4.92 Å². The second-order valence-corrected chi connectivity index (χ2v) is 2.71. The van der Waals surface area contributed by atoms with Crippen molar-refractivity contribution in [3.05, 3.63) is 64.4 Å². The highest BCUT2D eigenvalue weighted by atomic mass is 16.6. The Morgan fingerprint density at radius 1 is 1.29 bits per heavy atom. The summed E-state index contributed by atoms with van der Waals surface area (Å²) >= 11 is 0. The topological polar surface area (TPSA) is 90.7 Å². The number of benzene rings is 1. The van der Waals surface area contributed by atoms with Gasteiger partial charge >= 0.3 is 0 Å². The van der Waals surface area contributed by atoms with Crippen LogP contribution < -0.4 is 0 Å². The van der Waals surface area contributed by atoms with Crippen molar-refractivity contribution < 1.29 is 4.92 Å². The van der Waals surface area contributed by atoms with Crippen molar-refractivity contribution >= 4 is 6.08 Å². The normalized spacial score (nSPS) is 8.35. The van der Waals surface area contributed by atoms with E-state index in [0.29, 0.717) is 0 Å². The highest BCUT2D eigenvalue weighted by molar-refractivity contribution is 5.47. The SMILES string of the molecule is C=C(C#N)C#N.O=[N+]([O-])/C=C/c1ccccc1. The Morgan fingerprint density at radius 3 is 2.18 bits per heavy atom. The van der Waals surface area contributed by atoms with Gasteiger partial charge in [-0.3, -0.25) is 10.1 Å². The molecular formula is C12H9N3O2. The van der Waals surface area contributed by atoms with Gasteiger partial charge in [-0.1, -0.05) is 36.9 Å². The van der Waals surface area contributed by atoms with E-state index >= 15 is 0 Å². The molecule has 0 aliphatic carbocycles. The number of nitro groups is 1. The Balaban J connectivity index is 0.000000366. The van der Waals surface area contributed by atoms with Gasteiger partial charge in [-0.05, 0) is 5.56 Å². The molecule has 0 atom stereocenters. The van der Waals surface area contributed by atoms with Crippen LogP contribution in [0.2, 0.25) is 0 Å². The molecule has 0 spiro atoms. The van der Waals surface area contributed by atoms with Gasteiger partial charge in [-0.15, -0.1) is 0 Å². The van der Waals surface area contributed by atoms with Crippen LogP contribution in [-0.2, 0) is 0 Å². The van der Waals surface area contributed by atoms with E-state index in [2.05, 4.69) is 6.58 Å². The lowest BCUT2D eigenvalue weighted by molar-refractivity contribution is -0.400. The zero-order valence-corrected chi connectivity index (χ0v) is 8.91. The molecular weight excluding hydrogens is 218 g/mol. The van der Waals surface area contributed by atoms with Crippen molar-refractivity contribution in [2.45, 2.75) is 0 Å². The van der Waals surface area contributed by atoms with Crippen molar-refractivity contribution in [2.24, 2.45) is 0 Å². The number of hydrogen-bond donors (Lipinski definition) is 0. The van der Waals surface area contributed by atoms with Gasteiger partial charge in [0.1, 0.15) is 17.7 Å². The van der Waals surface area contributed by atoms with E-state index in [-0.39, 0.29) is 5.57 Å². The standard InChI is InChI=1S/C8H7NO2.C4H2N2/c10-9(11)7-6-8-4-2-1-3-5-8;1-4(2-5)3-6/h1-7H;1H2/b7-6+;. The third-order valence-corrected chi connectivity index (χ3v) is 1.46. The van der Waals surface area contributed by atoms with Gasteiger partial charge in [0.25, 0.3) is 0 Å². The van der Waals surface area contributed by atoms with Crippen molar-refractivity contribution in [1.29, 1.82) is 10.5 Å². The smallest absolute Gasteiger partial charge is 0.235 e. The highest BCUT2D eigenvalue weighted by Gasteiger charge is 1.86. The van der Waals surface area contributed by atoms with Crippen LogP contribution in [0, 0.1) is 32.8 Å². The van der Waals surface area contributed by atoms with E-state index in [4.69, 9.17) is 10.5 Å². The predicted molar refractivity (Wildman–Crippen MR) is 62.8 cm³/mol. The molecule has 1 aromatic carbocycles. The van der Waals surface area contributed by atoms with Crippen LogP contribution in [-0.4, -0.2) is 4.92 Å². The highest BCUT2D eigenvalue weighted by Crippen LogP contribution is 1.99. The van der Waals surface area contributed by atoms with Gasteiger partial charge in [-0.2, -0.15) is 10.5 Å². The summed E-state index contributed by atoms with van der Waals surface area (Å²) in [6.45, 7) is 3.07. The Bertz CT molecular complexity index is 477. The third-order valence-electron chi connectivity index (χ3n) is 1.46. The Hall–Kier alpha value is -2.92. The lowest BCUT2D eigenvalue weighted by atomic mass is 10.2. The Kier molecular flexibility index (Phi) is 6.95. The van der Waals surface area contributed by atoms with Crippen molar-refractivity contribution in [1.82, 2.24) is 0 Å². The molecule has 0 N–H and O–H groups in total. The van der Waals surface area contributed by atoms with Crippen LogP contribution in [0.3, 0.4) is 0 Å². The summed E-state index contributed by atoms with van der Waals surface area (Å²) < 4.78 is 0. The van der Waals surface area contributed by atoms with Crippen LogP contribution in [0.1, 0.15) is 5.56 Å². The summed E-state index contributed by atoms with van der Waals surface area (Å²) in [4.78, 5) is 9.41. The first-order valence-electron chi connectivity index (χ1n) is 4.46. The second-order valence-electron chi connectivity index (χ2n) is 2.71. The minimum absolute atomic E-state index is 0.0463. The number of allylic oxidation sites excluding steroid dienone is 1. The van der Waals surface area contributed by atoms with Gasteiger partial charge < -0.3 is 0 Å². The fourth-order valence-corrected chi connectivity index (χ4v) is 0.736. The molecule has 0 aromatic heterocycles. The average Bonchev–Trinajstić information content (AvgIpc) is 2.37. The summed E-state index contributed by atoms with van der Waals surface area (Å²) in [5.41, 5.74) is 0.791. The summed E-state index contributed by atoms with van der Waals surface area (Å²) in [6.07, 6.45) is 2.38. The molecule has 0 radical (unpaired) electrons. The van der Waals surface area contributed by atoms with E-state index in [1.165, 1.54) is 6.08 Å². The van der Waals surface area contributed by atoms with Gasteiger partial charge in [0, 0.05) is 6.08 Å². The van der Waals surface area contributed by atoms with Crippen LogP contribution in [0.25, 0.3) is 6.08 Å².